The second kappa shape index (κ2) is 7.78. The summed E-state index contributed by atoms with van der Waals surface area (Å²) in [4.78, 5) is 24.8. The number of hydrogen-bond acceptors (Lipinski definition) is 4. The molecule has 1 N–H and O–H groups in total. The number of nitrogens with zero attached hydrogens (tertiary/aromatic N) is 1. The minimum absolute atomic E-state index is 0.0982. The van der Waals surface area contributed by atoms with Crippen molar-refractivity contribution in [3.63, 3.8) is 0 Å². The van der Waals surface area contributed by atoms with Gasteiger partial charge in [-0.3, -0.25) is 9.59 Å². The molecule has 0 aliphatic carbocycles. The summed E-state index contributed by atoms with van der Waals surface area (Å²) in [6.07, 6.45) is 1.00. The predicted molar refractivity (Wildman–Crippen MR) is 85.2 cm³/mol. The first kappa shape index (κ1) is 17.0. The Bertz CT molecular complexity index is 611. The molecule has 124 valence electrons. The van der Waals surface area contributed by atoms with Crippen LogP contribution in [0.25, 0.3) is 5.57 Å². The van der Waals surface area contributed by atoms with Crippen LogP contribution in [0.4, 0.5) is 0 Å². The maximum atomic E-state index is 12.4. The highest BCUT2D eigenvalue weighted by Gasteiger charge is 2.25. The van der Waals surface area contributed by atoms with Crippen LogP contribution in [-0.4, -0.2) is 54.8 Å². The number of aliphatic carboxylic acids is 1. The molecule has 1 heterocycles. The first-order valence-electron chi connectivity index (χ1n) is 7.45. The number of carbonyl (C=O) groups is 2. The molecule has 1 fully saturated rings. The van der Waals surface area contributed by atoms with Gasteiger partial charge < -0.3 is 19.5 Å². The molecule has 1 unspecified atom stereocenters. The molecule has 1 saturated heterocycles. The quantitative estimate of drug-likeness (QED) is 0.838. The Balaban J connectivity index is 2.09. The molecule has 1 amide bonds. The second-order valence-electron chi connectivity index (χ2n) is 5.40. The zero-order valence-corrected chi connectivity index (χ0v) is 13.3. The number of rotatable bonds is 5. The fourth-order valence-electron chi connectivity index (χ4n) is 2.56. The average Bonchev–Trinajstić information content (AvgIpc) is 2.54. The van der Waals surface area contributed by atoms with E-state index in [9.17, 15) is 9.59 Å². The van der Waals surface area contributed by atoms with Gasteiger partial charge in [0.25, 0.3) is 0 Å². The molecule has 0 saturated carbocycles. The van der Waals surface area contributed by atoms with E-state index in [-0.39, 0.29) is 12.3 Å². The molecule has 0 bridgehead atoms. The normalized spacial score (nSPS) is 18.6. The van der Waals surface area contributed by atoms with Crippen molar-refractivity contribution in [1.29, 1.82) is 0 Å². The monoisotopic (exact) mass is 319 g/mol. The lowest BCUT2D eigenvalue weighted by atomic mass is 10.1. The van der Waals surface area contributed by atoms with Gasteiger partial charge in [0, 0.05) is 24.7 Å². The van der Waals surface area contributed by atoms with E-state index in [2.05, 4.69) is 0 Å². The summed E-state index contributed by atoms with van der Waals surface area (Å²) >= 11 is 0. The molecule has 1 aliphatic rings. The number of carboxylic acids is 1. The Morgan fingerprint density at radius 2 is 2.17 bits per heavy atom. The van der Waals surface area contributed by atoms with Crippen molar-refractivity contribution in [2.45, 2.75) is 19.4 Å². The largest absolute Gasteiger partial charge is 0.496 e. The molecule has 1 atom stereocenters. The maximum absolute atomic E-state index is 12.4. The van der Waals surface area contributed by atoms with Gasteiger partial charge in [-0.25, -0.2) is 0 Å². The van der Waals surface area contributed by atoms with E-state index >= 15 is 0 Å². The van der Waals surface area contributed by atoms with Crippen molar-refractivity contribution in [2.24, 2.45) is 0 Å². The lowest BCUT2D eigenvalue weighted by Crippen LogP contribution is -2.45. The zero-order valence-electron chi connectivity index (χ0n) is 13.3. The summed E-state index contributed by atoms with van der Waals surface area (Å²) in [6, 6.07) is 7.49. The van der Waals surface area contributed by atoms with E-state index in [1.54, 1.807) is 18.1 Å². The van der Waals surface area contributed by atoms with Gasteiger partial charge in [-0.2, -0.15) is 0 Å². The maximum Gasteiger partial charge on any atom is 0.306 e. The third-order valence-corrected chi connectivity index (χ3v) is 3.72. The van der Waals surface area contributed by atoms with Crippen LogP contribution in [0.1, 0.15) is 18.9 Å². The first-order chi connectivity index (χ1) is 11.0. The van der Waals surface area contributed by atoms with Crippen LogP contribution < -0.4 is 4.74 Å². The minimum atomic E-state index is -0.926. The summed E-state index contributed by atoms with van der Waals surface area (Å²) in [5.41, 5.74) is 1.66. The number of para-hydroxylation sites is 1. The summed E-state index contributed by atoms with van der Waals surface area (Å²) in [6.45, 7) is 2.96. The van der Waals surface area contributed by atoms with Crippen LogP contribution >= 0.6 is 0 Å². The van der Waals surface area contributed by atoms with Crippen molar-refractivity contribution in [3.05, 3.63) is 35.9 Å². The second-order valence-corrected chi connectivity index (χ2v) is 5.40. The number of carbonyl (C=O) groups excluding carboxylic acids is 1. The number of methoxy groups -OCH3 is 1. The highest BCUT2D eigenvalue weighted by atomic mass is 16.5. The van der Waals surface area contributed by atoms with Crippen molar-refractivity contribution < 1.29 is 24.2 Å². The van der Waals surface area contributed by atoms with Gasteiger partial charge in [-0.05, 0) is 18.6 Å². The molecule has 0 radical (unpaired) electrons. The van der Waals surface area contributed by atoms with Crippen LogP contribution in [0.2, 0.25) is 0 Å². The number of hydrogen-bond donors (Lipinski definition) is 1. The average molecular weight is 319 g/mol. The fourth-order valence-corrected chi connectivity index (χ4v) is 2.56. The van der Waals surface area contributed by atoms with Crippen LogP contribution in [0.3, 0.4) is 0 Å². The van der Waals surface area contributed by atoms with E-state index in [0.29, 0.717) is 25.4 Å². The Morgan fingerprint density at radius 3 is 2.87 bits per heavy atom. The number of allylic oxidation sites excluding steroid dienone is 1. The zero-order chi connectivity index (χ0) is 16.8. The highest BCUT2D eigenvalue weighted by molar-refractivity contribution is 5.95. The van der Waals surface area contributed by atoms with Gasteiger partial charge >= 0.3 is 5.97 Å². The number of morpholine rings is 1. The van der Waals surface area contributed by atoms with E-state index in [1.165, 1.54) is 0 Å². The van der Waals surface area contributed by atoms with Crippen molar-refractivity contribution in [1.82, 2.24) is 4.90 Å². The molecular weight excluding hydrogens is 298 g/mol. The summed E-state index contributed by atoms with van der Waals surface area (Å²) in [7, 11) is 1.59. The third kappa shape index (κ3) is 4.56. The van der Waals surface area contributed by atoms with E-state index < -0.39 is 12.1 Å². The number of amides is 1. The van der Waals surface area contributed by atoms with Crippen LogP contribution in [0.15, 0.2) is 30.3 Å². The summed E-state index contributed by atoms with van der Waals surface area (Å²) in [5, 5.41) is 8.83. The Morgan fingerprint density at radius 1 is 1.43 bits per heavy atom. The third-order valence-electron chi connectivity index (χ3n) is 3.72. The van der Waals surface area contributed by atoms with Crippen molar-refractivity contribution in [3.8, 4) is 5.75 Å². The van der Waals surface area contributed by atoms with Crippen LogP contribution in [0, 0.1) is 0 Å². The standard InChI is InChI=1S/C17H21NO5/c1-12(14-5-3-4-6-15(14)22-2)9-16(19)18-7-8-23-13(11-18)10-17(20)21/h3-6,9,13H,7-8,10-11H2,1-2H3,(H,20,21)/b12-9+. The summed E-state index contributed by atoms with van der Waals surface area (Å²) < 4.78 is 10.7. The molecule has 0 aromatic heterocycles. The fraction of sp³-hybridized carbons (Fsp3) is 0.412. The molecule has 0 spiro atoms. The van der Waals surface area contributed by atoms with Gasteiger partial charge in [0.2, 0.25) is 5.91 Å². The van der Waals surface area contributed by atoms with Gasteiger partial charge in [0.05, 0.1) is 26.2 Å². The molecule has 1 aliphatic heterocycles. The van der Waals surface area contributed by atoms with Gasteiger partial charge in [-0.1, -0.05) is 18.2 Å². The topological polar surface area (TPSA) is 76.1 Å². The Hall–Kier alpha value is -2.34. The molecular formula is C17H21NO5. The number of ether oxygens (including phenoxy) is 2. The van der Waals surface area contributed by atoms with Gasteiger partial charge in [0.1, 0.15) is 5.75 Å². The smallest absolute Gasteiger partial charge is 0.306 e. The number of benzene rings is 1. The van der Waals surface area contributed by atoms with Crippen molar-refractivity contribution in [2.75, 3.05) is 26.8 Å². The molecule has 1 aromatic rings. The Kier molecular flexibility index (Phi) is 5.76. The first-order valence-corrected chi connectivity index (χ1v) is 7.45. The van der Waals surface area contributed by atoms with E-state index in [0.717, 1.165) is 11.1 Å². The van der Waals surface area contributed by atoms with Crippen LogP contribution in [-0.2, 0) is 14.3 Å². The Labute approximate surface area is 135 Å². The minimum Gasteiger partial charge on any atom is -0.496 e. The molecule has 1 aromatic carbocycles. The van der Waals surface area contributed by atoms with Gasteiger partial charge in [0.15, 0.2) is 0 Å². The summed E-state index contributed by atoms with van der Waals surface area (Å²) in [5.74, 6) is -0.364. The predicted octanol–water partition coefficient (Wildman–Crippen LogP) is 1.80. The molecule has 2 rings (SSSR count). The van der Waals surface area contributed by atoms with E-state index in [1.807, 2.05) is 31.2 Å². The lowest BCUT2D eigenvalue weighted by molar-refractivity contribution is -0.145. The highest BCUT2D eigenvalue weighted by Crippen LogP contribution is 2.25. The van der Waals surface area contributed by atoms with Crippen molar-refractivity contribution >= 4 is 17.4 Å². The lowest BCUT2D eigenvalue weighted by Gasteiger charge is -2.31. The van der Waals surface area contributed by atoms with Gasteiger partial charge in [-0.15, -0.1) is 0 Å². The molecule has 6 nitrogen and oxygen atoms in total. The van der Waals surface area contributed by atoms with E-state index in [4.69, 9.17) is 14.6 Å². The number of carboxylic acid groups (broad SMARTS) is 1. The van der Waals surface area contributed by atoms with Crippen LogP contribution in [0.5, 0.6) is 5.75 Å². The SMILES string of the molecule is COc1ccccc1/C(C)=C/C(=O)N1CCOC(CC(=O)O)C1. The molecule has 6 heteroatoms. The molecule has 23 heavy (non-hydrogen) atoms.